The summed E-state index contributed by atoms with van der Waals surface area (Å²) in [6.07, 6.45) is 0. The molecule has 2 N–H and O–H groups in total. The van der Waals surface area contributed by atoms with Crippen molar-refractivity contribution in [2.75, 3.05) is 6.54 Å². The molecule has 0 unspecified atom stereocenters. The molecule has 7 heavy (non-hydrogen) atoms. The SMILES string of the molecule is C[C@H](N)CN=[N+]=[N-]. The van der Waals surface area contributed by atoms with Crippen LogP contribution in [0, 0.1) is 0 Å². The minimum atomic E-state index is -0.0177. The molecule has 40 valence electrons. The van der Waals surface area contributed by atoms with Crippen molar-refractivity contribution in [3.8, 4) is 0 Å². The van der Waals surface area contributed by atoms with E-state index in [1.165, 1.54) is 0 Å². The lowest BCUT2D eigenvalue weighted by atomic mass is 10.4. The van der Waals surface area contributed by atoms with Gasteiger partial charge in [-0.25, -0.2) is 0 Å². The molecule has 0 saturated carbocycles. The van der Waals surface area contributed by atoms with Gasteiger partial charge in [-0.2, -0.15) is 0 Å². The van der Waals surface area contributed by atoms with E-state index in [1.807, 2.05) is 0 Å². The van der Waals surface area contributed by atoms with Crippen LogP contribution in [0.1, 0.15) is 6.92 Å². The van der Waals surface area contributed by atoms with Crippen LogP contribution in [0.25, 0.3) is 10.4 Å². The van der Waals surface area contributed by atoms with E-state index in [9.17, 15) is 0 Å². The summed E-state index contributed by atoms with van der Waals surface area (Å²) in [5, 5.41) is 3.23. The zero-order valence-electron chi connectivity index (χ0n) is 4.20. The van der Waals surface area contributed by atoms with Crippen LogP contribution in [0.2, 0.25) is 0 Å². The van der Waals surface area contributed by atoms with Crippen molar-refractivity contribution in [2.45, 2.75) is 13.0 Å². The molecule has 0 aliphatic rings. The number of nitrogens with zero attached hydrogens (tertiary/aromatic N) is 3. The minimum Gasteiger partial charge on any atom is -0.328 e. The van der Waals surface area contributed by atoms with Crippen LogP contribution < -0.4 is 5.73 Å². The van der Waals surface area contributed by atoms with E-state index in [0.717, 1.165) is 0 Å². The maximum Gasteiger partial charge on any atom is 0.0407 e. The summed E-state index contributed by atoms with van der Waals surface area (Å²) in [6, 6.07) is -0.0177. The van der Waals surface area contributed by atoms with Gasteiger partial charge in [0, 0.05) is 17.5 Å². The van der Waals surface area contributed by atoms with Crippen molar-refractivity contribution in [2.24, 2.45) is 10.8 Å². The fourth-order valence-corrected chi connectivity index (χ4v) is 0.165. The summed E-state index contributed by atoms with van der Waals surface area (Å²) in [5.41, 5.74) is 12.9. The van der Waals surface area contributed by atoms with Gasteiger partial charge in [-0.1, -0.05) is 5.11 Å². The molecule has 0 aromatic carbocycles. The van der Waals surface area contributed by atoms with Crippen molar-refractivity contribution in [3.63, 3.8) is 0 Å². The second kappa shape index (κ2) is 3.46. The average molecular weight is 100 g/mol. The highest BCUT2D eigenvalue weighted by molar-refractivity contribution is 4.55. The Bertz CT molecular complexity index is 80.9. The maximum atomic E-state index is 7.72. The molecule has 0 saturated heterocycles. The summed E-state index contributed by atoms with van der Waals surface area (Å²) in [7, 11) is 0. The third-order valence-corrected chi connectivity index (χ3v) is 0.433. The van der Waals surface area contributed by atoms with E-state index >= 15 is 0 Å². The van der Waals surface area contributed by atoms with Gasteiger partial charge in [0.05, 0.1) is 0 Å². The van der Waals surface area contributed by atoms with Gasteiger partial charge in [0.25, 0.3) is 0 Å². The summed E-state index contributed by atoms with van der Waals surface area (Å²) in [5.74, 6) is 0. The van der Waals surface area contributed by atoms with E-state index in [2.05, 4.69) is 10.0 Å². The molecule has 4 nitrogen and oxygen atoms in total. The van der Waals surface area contributed by atoms with E-state index in [0.29, 0.717) is 6.54 Å². The monoisotopic (exact) mass is 100 g/mol. The summed E-state index contributed by atoms with van der Waals surface area (Å²) in [6.45, 7) is 2.17. The molecule has 0 bridgehead atoms. The molecule has 0 aromatic heterocycles. The molecular formula is C3H8N4. The molecule has 0 fully saturated rings. The smallest absolute Gasteiger partial charge is 0.0407 e. The average Bonchev–Trinajstić information content (AvgIpc) is 1.61. The standard InChI is InChI=1S/C3H8N4/c1-3(4)2-6-7-5/h3H,2,4H2,1H3/t3-/m0/s1. The fraction of sp³-hybridized carbons (Fsp3) is 1.00. The first-order valence-corrected chi connectivity index (χ1v) is 2.04. The Morgan fingerprint density at radius 1 is 2.00 bits per heavy atom. The van der Waals surface area contributed by atoms with Crippen LogP contribution in [-0.4, -0.2) is 12.6 Å². The third-order valence-electron chi connectivity index (χ3n) is 0.433. The van der Waals surface area contributed by atoms with E-state index in [1.54, 1.807) is 6.92 Å². The largest absolute Gasteiger partial charge is 0.328 e. The molecule has 0 amide bonds. The topological polar surface area (TPSA) is 74.8 Å². The lowest BCUT2D eigenvalue weighted by Crippen LogP contribution is -2.17. The van der Waals surface area contributed by atoms with Gasteiger partial charge in [-0.05, 0) is 12.5 Å². The van der Waals surface area contributed by atoms with Crippen LogP contribution in [-0.2, 0) is 0 Å². The number of azide groups is 1. The van der Waals surface area contributed by atoms with E-state index in [-0.39, 0.29) is 6.04 Å². The zero-order chi connectivity index (χ0) is 5.70. The summed E-state index contributed by atoms with van der Waals surface area (Å²) >= 11 is 0. The second-order valence-electron chi connectivity index (χ2n) is 1.39. The molecule has 0 aromatic rings. The zero-order valence-corrected chi connectivity index (χ0v) is 4.20. The lowest BCUT2D eigenvalue weighted by molar-refractivity contribution is 0.749. The van der Waals surface area contributed by atoms with Crippen LogP contribution >= 0.6 is 0 Å². The Hall–Kier alpha value is -0.730. The quantitative estimate of drug-likeness (QED) is 0.308. The molecule has 1 atom stereocenters. The summed E-state index contributed by atoms with van der Waals surface area (Å²) in [4.78, 5) is 2.52. The second-order valence-corrected chi connectivity index (χ2v) is 1.39. The number of rotatable bonds is 2. The minimum absolute atomic E-state index is 0.0177. The first-order valence-electron chi connectivity index (χ1n) is 2.04. The molecule has 0 aliphatic carbocycles. The van der Waals surface area contributed by atoms with Crippen molar-refractivity contribution in [1.29, 1.82) is 0 Å². The fourth-order valence-electron chi connectivity index (χ4n) is 0.165. The lowest BCUT2D eigenvalue weighted by Gasteiger charge is -1.92. The van der Waals surface area contributed by atoms with Crippen LogP contribution in [0.5, 0.6) is 0 Å². The van der Waals surface area contributed by atoms with Crippen LogP contribution in [0.15, 0.2) is 5.11 Å². The normalized spacial score (nSPS) is 12.3. The molecule has 4 heteroatoms. The number of nitrogens with two attached hydrogens (primary N) is 1. The van der Waals surface area contributed by atoms with Crippen molar-refractivity contribution >= 4 is 0 Å². The van der Waals surface area contributed by atoms with Gasteiger partial charge in [0.2, 0.25) is 0 Å². The summed E-state index contributed by atoms with van der Waals surface area (Å²) < 4.78 is 0. The van der Waals surface area contributed by atoms with Crippen LogP contribution in [0.4, 0.5) is 0 Å². The molecule has 0 rings (SSSR count). The molecular weight excluding hydrogens is 92.1 g/mol. The van der Waals surface area contributed by atoms with Crippen molar-refractivity contribution < 1.29 is 0 Å². The molecule has 0 spiro atoms. The predicted octanol–water partition coefficient (Wildman–Crippen LogP) is 0.644. The van der Waals surface area contributed by atoms with Gasteiger partial charge >= 0.3 is 0 Å². The van der Waals surface area contributed by atoms with Gasteiger partial charge in [-0.3, -0.25) is 0 Å². The highest BCUT2D eigenvalue weighted by Gasteiger charge is 1.84. The van der Waals surface area contributed by atoms with Gasteiger partial charge < -0.3 is 5.73 Å². The molecule has 0 aliphatic heterocycles. The van der Waals surface area contributed by atoms with Crippen LogP contribution in [0.3, 0.4) is 0 Å². The molecule has 0 heterocycles. The van der Waals surface area contributed by atoms with Gasteiger partial charge in [0.15, 0.2) is 0 Å². The number of hydrogen-bond acceptors (Lipinski definition) is 2. The highest BCUT2D eigenvalue weighted by atomic mass is 15.1. The number of hydrogen-bond donors (Lipinski definition) is 1. The Labute approximate surface area is 41.9 Å². The van der Waals surface area contributed by atoms with Gasteiger partial charge in [0.1, 0.15) is 0 Å². The Morgan fingerprint density at radius 2 is 2.57 bits per heavy atom. The Morgan fingerprint density at radius 3 is 2.71 bits per heavy atom. The van der Waals surface area contributed by atoms with E-state index in [4.69, 9.17) is 11.3 Å². The van der Waals surface area contributed by atoms with Gasteiger partial charge in [-0.15, -0.1) is 0 Å². The first-order chi connectivity index (χ1) is 3.27. The third kappa shape index (κ3) is 5.27. The Balaban J connectivity index is 3.13. The van der Waals surface area contributed by atoms with E-state index < -0.39 is 0 Å². The maximum absolute atomic E-state index is 7.72. The Kier molecular flexibility index (Phi) is 3.10. The predicted molar refractivity (Wildman–Crippen MR) is 27.7 cm³/mol. The van der Waals surface area contributed by atoms with Crippen molar-refractivity contribution in [3.05, 3.63) is 10.4 Å². The molecule has 0 radical (unpaired) electrons. The van der Waals surface area contributed by atoms with Crippen molar-refractivity contribution in [1.82, 2.24) is 0 Å². The highest BCUT2D eigenvalue weighted by Crippen LogP contribution is 1.75. The first kappa shape index (κ1) is 6.27.